The highest BCUT2D eigenvalue weighted by Crippen LogP contribution is 2.14. The molecule has 15 heavy (non-hydrogen) atoms. The average molecular weight is 207 g/mol. The quantitative estimate of drug-likeness (QED) is 0.807. The summed E-state index contributed by atoms with van der Waals surface area (Å²) >= 11 is 0. The number of rotatable bonds is 4. The number of hydrogen-bond donors (Lipinski definition) is 1. The Hall–Kier alpha value is -1.16. The summed E-state index contributed by atoms with van der Waals surface area (Å²) in [5, 5.41) is 3.40. The topological polar surface area (TPSA) is 47.0 Å². The van der Waals surface area contributed by atoms with Gasteiger partial charge in [-0.1, -0.05) is 0 Å². The van der Waals surface area contributed by atoms with E-state index in [9.17, 15) is 0 Å². The lowest BCUT2D eigenvalue weighted by Gasteiger charge is -2.22. The Morgan fingerprint density at radius 1 is 1.47 bits per heavy atom. The molecule has 2 heterocycles. The van der Waals surface area contributed by atoms with E-state index in [0.29, 0.717) is 5.88 Å². The number of piperidine rings is 1. The number of hydrogen-bond acceptors (Lipinski definition) is 4. The summed E-state index contributed by atoms with van der Waals surface area (Å²) in [6.45, 7) is 3.04. The predicted octanol–water partition coefficient (Wildman–Crippen LogP) is 1.25. The van der Waals surface area contributed by atoms with Gasteiger partial charge in [0.15, 0.2) is 0 Å². The van der Waals surface area contributed by atoms with Crippen LogP contribution in [0.4, 0.5) is 0 Å². The Morgan fingerprint density at radius 2 is 2.47 bits per heavy atom. The van der Waals surface area contributed by atoms with Gasteiger partial charge in [0.05, 0.1) is 12.8 Å². The van der Waals surface area contributed by atoms with Crippen LogP contribution in [0.25, 0.3) is 0 Å². The second-order valence-electron chi connectivity index (χ2n) is 3.89. The fraction of sp³-hybridized carbons (Fsp3) is 0.636. The van der Waals surface area contributed by atoms with E-state index in [1.165, 1.54) is 19.4 Å². The maximum Gasteiger partial charge on any atom is 0.232 e. The molecule has 0 aromatic carbocycles. The molecule has 4 nitrogen and oxygen atoms in total. The molecular formula is C11H17N3O. The minimum atomic E-state index is 0.626. The highest BCUT2D eigenvalue weighted by molar-refractivity contribution is 5.00. The molecule has 0 radical (unpaired) electrons. The van der Waals surface area contributed by atoms with Gasteiger partial charge in [-0.15, -0.1) is 0 Å². The zero-order valence-corrected chi connectivity index (χ0v) is 8.85. The predicted molar refractivity (Wildman–Crippen MR) is 57.7 cm³/mol. The monoisotopic (exact) mass is 207 g/mol. The summed E-state index contributed by atoms with van der Waals surface area (Å²) < 4.78 is 5.51. The minimum Gasteiger partial charge on any atom is -0.477 e. The molecule has 2 rings (SSSR count). The van der Waals surface area contributed by atoms with Crippen molar-refractivity contribution in [2.75, 3.05) is 19.7 Å². The summed E-state index contributed by atoms with van der Waals surface area (Å²) in [6, 6.07) is 0. The van der Waals surface area contributed by atoms with Crippen molar-refractivity contribution in [1.29, 1.82) is 0 Å². The van der Waals surface area contributed by atoms with Gasteiger partial charge in [0.1, 0.15) is 0 Å². The first-order valence-corrected chi connectivity index (χ1v) is 5.54. The second kappa shape index (κ2) is 5.66. The molecule has 82 valence electrons. The molecule has 1 saturated heterocycles. The largest absolute Gasteiger partial charge is 0.477 e. The normalized spacial score (nSPS) is 21.2. The van der Waals surface area contributed by atoms with Gasteiger partial charge in [-0.05, 0) is 38.3 Å². The molecule has 1 fully saturated rings. The summed E-state index contributed by atoms with van der Waals surface area (Å²) in [5.41, 5.74) is 0. The molecule has 0 spiro atoms. The van der Waals surface area contributed by atoms with Crippen LogP contribution in [0.15, 0.2) is 18.6 Å². The zero-order chi connectivity index (χ0) is 10.3. The van der Waals surface area contributed by atoms with Gasteiger partial charge in [-0.3, -0.25) is 4.98 Å². The highest BCUT2D eigenvalue weighted by Gasteiger charge is 2.12. The van der Waals surface area contributed by atoms with Crippen LogP contribution in [0, 0.1) is 5.92 Å². The minimum absolute atomic E-state index is 0.626. The maximum absolute atomic E-state index is 5.51. The van der Waals surface area contributed by atoms with Crippen molar-refractivity contribution in [3.63, 3.8) is 0 Å². The van der Waals surface area contributed by atoms with Crippen LogP contribution in [0.5, 0.6) is 5.88 Å². The lowest BCUT2D eigenvalue weighted by molar-refractivity contribution is 0.246. The van der Waals surface area contributed by atoms with E-state index in [1.807, 2.05) is 0 Å². The van der Waals surface area contributed by atoms with Crippen LogP contribution >= 0.6 is 0 Å². The van der Waals surface area contributed by atoms with Crippen LogP contribution in [-0.4, -0.2) is 29.7 Å². The van der Waals surface area contributed by atoms with Crippen molar-refractivity contribution >= 4 is 0 Å². The van der Waals surface area contributed by atoms with Gasteiger partial charge in [0.25, 0.3) is 0 Å². The summed E-state index contributed by atoms with van der Waals surface area (Å²) in [4.78, 5) is 8.01. The molecule has 1 aliphatic rings. The fourth-order valence-corrected chi connectivity index (χ4v) is 1.86. The molecule has 0 bridgehead atoms. The Morgan fingerprint density at radius 3 is 3.20 bits per heavy atom. The average Bonchev–Trinajstić information content (AvgIpc) is 2.32. The van der Waals surface area contributed by atoms with E-state index in [2.05, 4.69) is 15.3 Å². The third kappa shape index (κ3) is 3.47. The Kier molecular flexibility index (Phi) is 3.91. The van der Waals surface area contributed by atoms with Crippen molar-refractivity contribution in [3.05, 3.63) is 18.6 Å². The Bertz CT molecular complexity index is 272. The molecule has 0 amide bonds. The molecular weight excluding hydrogens is 190 g/mol. The summed E-state index contributed by atoms with van der Waals surface area (Å²) in [7, 11) is 0. The van der Waals surface area contributed by atoms with Crippen molar-refractivity contribution in [2.45, 2.75) is 19.3 Å². The van der Waals surface area contributed by atoms with E-state index in [-0.39, 0.29) is 0 Å². The Labute approximate surface area is 90.1 Å². The molecule has 0 saturated carbocycles. The van der Waals surface area contributed by atoms with E-state index in [1.54, 1.807) is 18.6 Å². The molecule has 1 aromatic rings. The number of nitrogens with zero attached hydrogens (tertiary/aromatic N) is 2. The summed E-state index contributed by atoms with van der Waals surface area (Å²) in [5.74, 6) is 1.39. The van der Waals surface area contributed by atoms with Gasteiger partial charge in [0, 0.05) is 12.4 Å². The third-order valence-corrected chi connectivity index (χ3v) is 2.71. The highest BCUT2D eigenvalue weighted by atomic mass is 16.5. The van der Waals surface area contributed by atoms with Gasteiger partial charge in [-0.2, -0.15) is 0 Å². The van der Waals surface area contributed by atoms with Crippen LogP contribution in [-0.2, 0) is 0 Å². The first kappa shape index (κ1) is 10.4. The van der Waals surface area contributed by atoms with E-state index in [0.717, 1.165) is 25.5 Å². The van der Waals surface area contributed by atoms with Crippen molar-refractivity contribution in [2.24, 2.45) is 5.92 Å². The molecule has 1 aromatic heterocycles. The molecule has 1 N–H and O–H groups in total. The van der Waals surface area contributed by atoms with E-state index >= 15 is 0 Å². The van der Waals surface area contributed by atoms with Crippen LogP contribution in [0.3, 0.4) is 0 Å². The van der Waals surface area contributed by atoms with Crippen LogP contribution in [0.2, 0.25) is 0 Å². The fourth-order valence-electron chi connectivity index (χ4n) is 1.86. The van der Waals surface area contributed by atoms with Crippen molar-refractivity contribution < 1.29 is 4.74 Å². The standard InChI is InChI=1S/C11H17N3O/c1-2-10(8-12-4-1)3-7-15-11-9-13-5-6-14-11/h5-6,9-10,12H,1-4,7-8H2. The van der Waals surface area contributed by atoms with Crippen LogP contribution < -0.4 is 10.1 Å². The van der Waals surface area contributed by atoms with Gasteiger partial charge in [-0.25, -0.2) is 4.98 Å². The molecule has 1 aliphatic heterocycles. The maximum atomic E-state index is 5.51. The summed E-state index contributed by atoms with van der Waals surface area (Å²) in [6.07, 6.45) is 8.66. The van der Waals surface area contributed by atoms with Crippen LogP contribution in [0.1, 0.15) is 19.3 Å². The second-order valence-corrected chi connectivity index (χ2v) is 3.89. The smallest absolute Gasteiger partial charge is 0.232 e. The Balaban J connectivity index is 1.66. The van der Waals surface area contributed by atoms with Gasteiger partial charge in [0.2, 0.25) is 5.88 Å². The van der Waals surface area contributed by atoms with E-state index < -0.39 is 0 Å². The molecule has 4 heteroatoms. The SMILES string of the molecule is c1cnc(OCCC2CCCNC2)cn1. The van der Waals surface area contributed by atoms with Crippen molar-refractivity contribution in [1.82, 2.24) is 15.3 Å². The van der Waals surface area contributed by atoms with Crippen molar-refractivity contribution in [3.8, 4) is 5.88 Å². The lowest BCUT2D eigenvalue weighted by atomic mass is 9.97. The molecule has 1 unspecified atom stereocenters. The zero-order valence-electron chi connectivity index (χ0n) is 8.85. The van der Waals surface area contributed by atoms with E-state index in [4.69, 9.17) is 4.74 Å². The number of ether oxygens (including phenoxy) is 1. The first-order chi connectivity index (χ1) is 7.45. The lowest BCUT2D eigenvalue weighted by Crippen LogP contribution is -2.30. The van der Waals surface area contributed by atoms with Gasteiger partial charge < -0.3 is 10.1 Å². The molecule has 0 aliphatic carbocycles. The number of nitrogens with one attached hydrogen (secondary N) is 1. The first-order valence-electron chi connectivity index (χ1n) is 5.54. The third-order valence-electron chi connectivity index (χ3n) is 2.71. The van der Waals surface area contributed by atoms with Gasteiger partial charge >= 0.3 is 0 Å². The molecule has 1 atom stereocenters. The number of aromatic nitrogens is 2.